The molecule has 1 aromatic rings. The van der Waals surface area contributed by atoms with E-state index in [0.29, 0.717) is 12.0 Å². The Labute approximate surface area is 97.1 Å². The maximum absolute atomic E-state index is 13.2. The average Bonchev–Trinajstić information content (AvgIpc) is 2.23. The summed E-state index contributed by atoms with van der Waals surface area (Å²) >= 11 is 0. The highest BCUT2D eigenvalue weighted by Gasteiger charge is 2.48. The smallest absolute Gasteiger partial charge is 0.123 e. The fraction of sp³-hybridized carbons (Fsp3) is 0.571. The Kier molecular flexibility index (Phi) is 3.02. The van der Waals surface area contributed by atoms with Crippen LogP contribution < -0.4 is 5.32 Å². The van der Waals surface area contributed by atoms with E-state index < -0.39 is 0 Å². The number of rotatable bonds is 3. The lowest BCUT2D eigenvalue weighted by Gasteiger charge is -2.53. The van der Waals surface area contributed by atoms with Crippen molar-refractivity contribution in [3.8, 4) is 0 Å². The van der Waals surface area contributed by atoms with E-state index >= 15 is 0 Å². The Morgan fingerprint density at radius 3 is 2.75 bits per heavy atom. The van der Waals surface area contributed by atoms with E-state index in [1.807, 2.05) is 6.07 Å². The molecule has 0 saturated heterocycles. The minimum atomic E-state index is -0.125. The van der Waals surface area contributed by atoms with Gasteiger partial charge in [0.05, 0.1) is 0 Å². The number of nitrogens with one attached hydrogen (secondary N) is 1. The lowest BCUT2D eigenvalue weighted by Crippen LogP contribution is -2.55. The Balaban J connectivity index is 2.14. The van der Waals surface area contributed by atoms with Crippen molar-refractivity contribution in [3.05, 3.63) is 35.6 Å². The van der Waals surface area contributed by atoms with Crippen LogP contribution in [0.1, 0.15) is 38.7 Å². The third-order valence-electron chi connectivity index (χ3n) is 3.97. The second-order valence-corrected chi connectivity index (χ2v) is 5.27. The van der Waals surface area contributed by atoms with E-state index in [1.54, 1.807) is 12.1 Å². The Morgan fingerprint density at radius 1 is 1.44 bits per heavy atom. The molecule has 0 spiro atoms. The van der Waals surface area contributed by atoms with Gasteiger partial charge < -0.3 is 5.32 Å². The molecule has 0 aliphatic heterocycles. The summed E-state index contributed by atoms with van der Waals surface area (Å²) in [6.07, 6.45) is 1.12. The molecule has 2 heteroatoms. The van der Waals surface area contributed by atoms with Crippen molar-refractivity contribution >= 4 is 0 Å². The lowest BCUT2D eigenvalue weighted by atomic mass is 9.56. The average molecular weight is 221 g/mol. The van der Waals surface area contributed by atoms with Crippen LogP contribution in [0.3, 0.4) is 0 Å². The van der Waals surface area contributed by atoms with Gasteiger partial charge in [0.15, 0.2) is 0 Å². The summed E-state index contributed by atoms with van der Waals surface area (Å²) in [7, 11) is 0. The molecule has 2 atom stereocenters. The van der Waals surface area contributed by atoms with E-state index in [0.717, 1.165) is 18.5 Å². The first-order valence-electron chi connectivity index (χ1n) is 6.04. The molecular weight excluding hydrogens is 201 g/mol. The van der Waals surface area contributed by atoms with E-state index in [-0.39, 0.29) is 11.2 Å². The second kappa shape index (κ2) is 4.17. The molecule has 2 unspecified atom stereocenters. The molecule has 16 heavy (non-hydrogen) atoms. The van der Waals surface area contributed by atoms with E-state index in [9.17, 15) is 4.39 Å². The number of halogens is 1. The third kappa shape index (κ3) is 1.86. The topological polar surface area (TPSA) is 12.0 Å². The Morgan fingerprint density at radius 2 is 2.19 bits per heavy atom. The van der Waals surface area contributed by atoms with Gasteiger partial charge in [-0.1, -0.05) is 32.9 Å². The van der Waals surface area contributed by atoms with Crippen molar-refractivity contribution in [1.82, 2.24) is 5.32 Å². The molecule has 0 aromatic heterocycles. The summed E-state index contributed by atoms with van der Waals surface area (Å²) in [4.78, 5) is 0. The molecule has 1 saturated carbocycles. The summed E-state index contributed by atoms with van der Waals surface area (Å²) in [6, 6.07) is 7.59. The first-order chi connectivity index (χ1) is 7.55. The van der Waals surface area contributed by atoms with Crippen LogP contribution in [0.2, 0.25) is 0 Å². The van der Waals surface area contributed by atoms with Gasteiger partial charge in [-0.05, 0) is 42.0 Å². The molecule has 1 aliphatic rings. The zero-order valence-electron chi connectivity index (χ0n) is 10.3. The predicted octanol–water partition coefficient (Wildman–Crippen LogP) is 3.32. The molecule has 88 valence electrons. The van der Waals surface area contributed by atoms with Crippen LogP contribution in [0.5, 0.6) is 0 Å². The van der Waals surface area contributed by atoms with E-state index in [1.165, 1.54) is 6.07 Å². The predicted molar refractivity (Wildman–Crippen MR) is 65.0 cm³/mol. The highest BCUT2D eigenvalue weighted by Crippen LogP contribution is 2.52. The van der Waals surface area contributed by atoms with Crippen LogP contribution in [-0.4, -0.2) is 12.6 Å². The Bertz CT molecular complexity index is 373. The van der Waals surface area contributed by atoms with Gasteiger partial charge in [0.1, 0.15) is 5.82 Å². The standard InChI is InChI=1S/C14H20FN/c1-4-16-13-9-12(14(13,2)3)10-6-5-7-11(15)8-10/h5-8,12-13,16H,4,9H2,1-3H3. The molecule has 1 nitrogen and oxygen atoms in total. The van der Waals surface area contributed by atoms with E-state index in [2.05, 4.69) is 26.1 Å². The monoisotopic (exact) mass is 221 g/mol. The maximum atomic E-state index is 13.2. The molecule has 1 fully saturated rings. The van der Waals surface area contributed by atoms with Crippen molar-refractivity contribution in [1.29, 1.82) is 0 Å². The highest BCUT2D eigenvalue weighted by atomic mass is 19.1. The van der Waals surface area contributed by atoms with Gasteiger partial charge >= 0.3 is 0 Å². The van der Waals surface area contributed by atoms with E-state index in [4.69, 9.17) is 0 Å². The highest BCUT2D eigenvalue weighted by molar-refractivity contribution is 5.27. The second-order valence-electron chi connectivity index (χ2n) is 5.27. The van der Waals surface area contributed by atoms with Crippen LogP contribution in [0, 0.1) is 11.2 Å². The van der Waals surface area contributed by atoms with Crippen molar-refractivity contribution < 1.29 is 4.39 Å². The number of hydrogen-bond acceptors (Lipinski definition) is 1. The molecule has 0 bridgehead atoms. The first-order valence-corrected chi connectivity index (χ1v) is 6.04. The molecule has 1 aromatic carbocycles. The Hall–Kier alpha value is -0.890. The van der Waals surface area contributed by atoms with Crippen LogP contribution in [-0.2, 0) is 0 Å². The molecular formula is C14H20FN. The van der Waals surface area contributed by atoms with Crippen LogP contribution >= 0.6 is 0 Å². The summed E-state index contributed by atoms with van der Waals surface area (Å²) in [5, 5.41) is 3.49. The summed E-state index contributed by atoms with van der Waals surface area (Å²) in [5.74, 6) is 0.354. The molecule has 0 heterocycles. The normalized spacial score (nSPS) is 27.5. The number of benzene rings is 1. The van der Waals surface area contributed by atoms with Crippen LogP contribution in [0.15, 0.2) is 24.3 Å². The minimum absolute atomic E-state index is 0.125. The van der Waals surface area contributed by atoms with Gasteiger partial charge in [0.25, 0.3) is 0 Å². The summed E-state index contributed by atoms with van der Waals surface area (Å²) < 4.78 is 13.2. The summed E-state index contributed by atoms with van der Waals surface area (Å²) in [6.45, 7) is 7.66. The lowest BCUT2D eigenvalue weighted by molar-refractivity contribution is 0.0705. The molecule has 1 N–H and O–H groups in total. The molecule has 1 aliphatic carbocycles. The quantitative estimate of drug-likeness (QED) is 0.825. The SMILES string of the molecule is CCNC1CC(c2cccc(F)c2)C1(C)C. The largest absolute Gasteiger partial charge is 0.314 e. The van der Waals surface area contributed by atoms with Gasteiger partial charge in [-0.25, -0.2) is 4.39 Å². The minimum Gasteiger partial charge on any atom is -0.314 e. The van der Waals surface area contributed by atoms with Crippen molar-refractivity contribution in [2.75, 3.05) is 6.54 Å². The summed E-state index contributed by atoms with van der Waals surface area (Å²) in [5.41, 5.74) is 1.36. The fourth-order valence-corrected chi connectivity index (χ4v) is 2.81. The molecule has 0 amide bonds. The van der Waals surface area contributed by atoms with Crippen LogP contribution in [0.4, 0.5) is 4.39 Å². The van der Waals surface area contributed by atoms with Gasteiger partial charge in [0, 0.05) is 6.04 Å². The van der Waals surface area contributed by atoms with Gasteiger partial charge in [0.2, 0.25) is 0 Å². The molecule has 2 rings (SSSR count). The number of hydrogen-bond donors (Lipinski definition) is 1. The molecule has 0 radical (unpaired) electrons. The fourth-order valence-electron chi connectivity index (χ4n) is 2.81. The maximum Gasteiger partial charge on any atom is 0.123 e. The van der Waals surface area contributed by atoms with Crippen molar-refractivity contribution in [2.24, 2.45) is 5.41 Å². The third-order valence-corrected chi connectivity index (χ3v) is 3.97. The van der Waals surface area contributed by atoms with Crippen molar-refractivity contribution in [2.45, 2.75) is 39.2 Å². The zero-order chi connectivity index (χ0) is 11.8. The zero-order valence-corrected chi connectivity index (χ0v) is 10.3. The van der Waals surface area contributed by atoms with Crippen molar-refractivity contribution in [3.63, 3.8) is 0 Å². The van der Waals surface area contributed by atoms with Gasteiger partial charge in [-0.15, -0.1) is 0 Å². The van der Waals surface area contributed by atoms with Gasteiger partial charge in [-0.3, -0.25) is 0 Å². The first kappa shape index (κ1) is 11.6. The van der Waals surface area contributed by atoms with Crippen LogP contribution in [0.25, 0.3) is 0 Å². The van der Waals surface area contributed by atoms with Gasteiger partial charge in [-0.2, -0.15) is 0 Å².